The van der Waals surface area contributed by atoms with Gasteiger partial charge in [0.15, 0.2) is 11.8 Å². The standard InChI is InChI=1S/C29H27FN4O4S/c1-33-28(36)26(39-29(33)32-23-8-10-24(11-9-23)34-14-16-37-17-15-34)18-20-2-12-25(13-3-20)38-19-27(35)31-22-6-4-21(30)5-7-22/h2-13,18H,14-17,19H2,1H3,(H,31,35)/b26-18-,32-29?. The van der Waals surface area contributed by atoms with Gasteiger partial charge >= 0.3 is 0 Å². The summed E-state index contributed by atoms with van der Waals surface area (Å²) in [7, 11) is 1.71. The second-order valence-corrected chi connectivity index (χ2v) is 9.91. The Hall–Kier alpha value is -4.15. The van der Waals surface area contributed by atoms with E-state index in [9.17, 15) is 14.0 Å². The average Bonchev–Trinajstić information content (AvgIpc) is 3.22. The second-order valence-electron chi connectivity index (χ2n) is 8.90. The van der Waals surface area contributed by atoms with E-state index in [1.807, 2.05) is 36.4 Å². The Balaban J connectivity index is 1.18. The van der Waals surface area contributed by atoms with Gasteiger partial charge < -0.3 is 19.7 Å². The number of anilines is 2. The maximum atomic E-state index is 13.0. The van der Waals surface area contributed by atoms with Crippen LogP contribution in [0.2, 0.25) is 0 Å². The van der Waals surface area contributed by atoms with Crippen LogP contribution in [-0.2, 0) is 14.3 Å². The Bertz CT molecular complexity index is 1390. The Morgan fingerprint density at radius 2 is 1.74 bits per heavy atom. The highest BCUT2D eigenvalue weighted by atomic mass is 32.2. The lowest BCUT2D eigenvalue weighted by Crippen LogP contribution is -2.36. The fourth-order valence-corrected chi connectivity index (χ4v) is 5.00. The summed E-state index contributed by atoms with van der Waals surface area (Å²) in [5.74, 6) is -0.342. The molecule has 0 aliphatic carbocycles. The molecule has 8 nitrogen and oxygen atoms in total. The van der Waals surface area contributed by atoms with E-state index in [0.717, 1.165) is 43.2 Å². The highest BCUT2D eigenvalue weighted by Gasteiger charge is 2.30. The van der Waals surface area contributed by atoms with E-state index in [1.165, 1.54) is 36.0 Å². The number of rotatable bonds is 7. The molecule has 2 aliphatic heterocycles. The minimum Gasteiger partial charge on any atom is -0.484 e. The van der Waals surface area contributed by atoms with Gasteiger partial charge in [0, 0.05) is 31.5 Å². The molecule has 10 heteroatoms. The van der Waals surface area contributed by atoms with Gasteiger partial charge in [0.2, 0.25) is 0 Å². The number of morpholine rings is 1. The zero-order chi connectivity index (χ0) is 27.2. The summed E-state index contributed by atoms with van der Waals surface area (Å²) in [6.45, 7) is 3.01. The zero-order valence-electron chi connectivity index (χ0n) is 21.3. The number of thioether (sulfide) groups is 1. The van der Waals surface area contributed by atoms with Crippen molar-refractivity contribution >= 4 is 51.9 Å². The number of ether oxygens (including phenoxy) is 2. The predicted octanol–water partition coefficient (Wildman–Crippen LogP) is 4.91. The molecule has 1 N–H and O–H groups in total. The average molecular weight is 547 g/mol. The molecular weight excluding hydrogens is 519 g/mol. The molecule has 0 unspecified atom stereocenters. The van der Waals surface area contributed by atoms with Crippen LogP contribution in [0, 0.1) is 5.82 Å². The first-order valence-electron chi connectivity index (χ1n) is 12.4. The van der Waals surface area contributed by atoms with Crippen LogP contribution in [0.1, 0.15) is 5.56 Å². The number of aliphatic imine (C=N–C) groups is 1. The molecule has 0 saturated carbocycles. The Morgan fingerprint density at radius 3 is 2.44 bits per heavy atom. The number of nitrogens with one attached hydrogen (secondary N) is 1. The van der Waals surface area contributed by atoms with Crippen LogP contribution in [0.5, 0.6) is 5.75 Å². The van der Waals surface area contributed by atoms with Gasteiger partial charge in [-0.15, -0.1) is 0 Å². The van der Waals surface area contributed by atoms with Crippen molar-refractivity contribution in [2.24, 2.45) is 4.99 Å². The highest BCUT2D eigenvalue weighted by Crippen LogP contribution is 2.33. The first kappa shape index (κ1) is 26.5. The molecular formula is C29H27FN4O4S. The van der Waals surface area contributed by atoms with E-state index in [0.29, 0.717) is 21.5 Å². The molecule has 39 heavy (non-hydrogen) atoms. The minimum absolute atomic E-state index is 0.124. The Morgan fingerprint density at radius 1 is 1.05 bits per heavy atom. The van der Waals surface area contributed by atoms with E-state index in [1.54, 1.807) is 30.2 Å². The molecule has 2 fully saturated rings. The summed E-state index contributed by atoms with van der Waals surface area (Å²) in [6.07, 6.45) is 1.80. The third-order valence-electron chi connectivity index (χ3n) is 6.13. The second kappa shape index (κ2) is 12.1. The number of hydrogen-bond donors (Lipinski definition) is 1. The number of likely N-dealkylation sites (N-methyl/N-ethyl adjacent to an activating group) is 1. The summed E-state index contributed by atoms with van der Waals surface area (Å²) in [6, 6.07) is 20.6. The van der Waals surface area contributed by atoms with Crippen LogP contribution < -0.4 is 15.0 Å². The van der Waals surface area contributed by atoms with Crippen molar-refractivity contribution in [2.75, 3.05) is 50.2 Å². The number of benzene rings is 3. The van der Waals surface area contributed by atoms with E-state index < -0.39 is 0 Å². The van der Waals surface area contributed by atoms with Gasteiger partial charge in [-0.2, -0.15) is 0 Å². The van der Waals surface area contributed by atoms with E-state index in [2.05, 4.69) is 15.2 Å². The third kappa shape index (κ3) is 6.84. The SMILES string of the molecule is CN1C(=O)/C(=C/c2ccc(OCC(=O)Nc3ccc(F)cc3)cc2)SC1=Nc1ccc(N2CCOCC2)cc1. The molecule has 2 heterocycles. The van der Waals surface area contributed by atoms with E-state index in [4.69, 9.17) is 9.47 Å². The predicted molar refractivity (Wildman–Crippen MR) is 152 cm³/mol. The van der Waals surface area contributed by atoms with Gasteiger partial charge in [-0.25, -0.2) is 9.38 Å². The largest absolute Gasteiger partial charge is 0.484 e. The molecule has 0 spiro atoms. The quantitative estimate of drug-likeness (QED) is 0.424. The molecule has 0 atom stereocenters. The number of hydrogen-bond acceptors (Lipinski definition) is 7. The highest BCUT2D eigenvalue weighted by molar-refractivity contribution is 8.18. The monoisotopic (exact) mass is 546 g/mol. The minimum atomic E-state index is -0.374. The molecule has 5 rings (SSSR count). The molecule has 0 aromatic heterocycles. The molecule has 2 saturated heterocycles. The summed E-state index contributed by atoms with van der Waals surface area (Å²) in [5.41, 5.74) is 3.22. The Labute approximate surface area is 230 Å². The molecule has 0 radical (unpaired) electrons. The fraction of sp³-hybridized carbons (Fsp3) is 0.207. The number of nitrogens with zero attached hydrogens (tertiary/aromatic N) is 3. The van der Waals surface area contributed by atoms with Gasteiger partial charge in [0.05, 0.1) is 23.8 Å². The van der Waals surface area contributed by atoms with Crippen LogP contribution in [0.4, 0.5) is 21.5 Å². The zero-order valence-corrected chi connectivity index (χ0v) is 22.1. The lowest BCUT2D eigenvalue weighted by molar-refractivity contribution is -0.121. The van der Waals surface area contributed by atoms with Crippen molar-refractivity contribution < 1.29 is 23.5 Å². The van der Waals surface area contributed by atoms with E-state index >= 15 is 0 Å². The number of amidine groups is 1. The van der Waals surface area contributed by atoms with E-state index in [-0.39, 0.29) is 24.2 Å². The van der Waals surface area contributed by atoms with Crippen LogP contribution in [0.25, 0.3) is 6.08 Å². The molecule has 2 aliphatic rings. The number of amides is 2. The van der Waals surface area contributed by atoms with Crippen LogP contribution in [0.3, 0.4) is 0 Å². The molecule has 0 bridgehead atoms. The van der Waals surface area contributed by atoms with Gasteiger partial charge in [0.1, 0.15) is 11.6 Å². The van der Waals surface area contributed by atoms with Crippen molar-refractivity contribution in [3.8, 4) is 5.75 Å². The number of carbonyl (C=O) groups is 2. The molecule has 2 amide bonds. The fourth-order valence-electron chi connectivity index (χ4n) is 4.01. The van der Waals surface area contributed by atoms with Gasteiger partial charge in [-0.05, 0) is 84.1 Å². The summed E-state index contributed by atoms with van der Waals surface area (Å²) in [4.78, 5) is 34.0. The number of halogens is 1. The molecule has 3 aromatic rings. The summed E-state index contributed by atoms with van der Waals surface area (Å²) in [5, 5.41) is 3.25. The summed E-state index contributed by atoms with van der Waals surface area (Å²) < 4.78 is 24.0. The maximum absolute atomic E-state index is 13.0. The molecule has 200 valence electrons. The maximum Gasteiger partial charge on any atom is 0.266 e. The third-order valence-corrected chi connectivity index (χ3v) is 7.19. The lowest BCUT2D eigenvalue weighted by Gasteiger charge is -2.28. The topological polar surface area (TPSA) is 83.5 Å². The van der Waals surface area contributed by atoms with Crippen molar-refractivity contribution in [2.45, 2.75) is 0 Å². The summed E-state index contributed by atoms with van der Waals surface area (Å²) >= 11 is 1.32. The van der Waals surface area contributed by atoms with Gasteiger partial charge in [-0.1, -0.05) is 12.1 Å². The van der Waals surface area contributed by atoms with Gasteiger partial charge in [0.25, 0.3) is 11.8 Å². The van der Waals surface area contributed by atoms with Crippen LogP contribution >= 0.6 is 11.8 Å². The first-order chi connectivity index (χ1) is 18.9. The lowest BCUT2D eigenvalue weighted by atomic mass is 10.2. The first-order valence-corrected chi connectivity index (χ1v) is 13.2. The van der Waals surface area contributed by atoms with Crippen LogP contribution in [0.15, 0.2) is 82.7 Å². The van der Waals surface area contributed by atoms with Crippen molar-refractivity contribution in [1.82, 2.24) is 4.90 Å². The van der Waals surface area contributed by atoms with Gasteiger partial charge in [-0.3, -0.25) is 14.5 Å². The number of carbonyl (C=O) groups excluding carboxylic acids is 2. The normalized spacial score (nSPS) is 17.6. The van der Waals surface area contributed by atoms with Crippen LogP contribution in [-0.4, -0.2) is 61.8 Å². The van der Waals surface area contributed by atoms with Crippen molar-refractivity contribution in [3.63, 3.8) is 0 Å². The smallest absolute Gasteiger partial charge is 0.266 e. The molecule has 3 aromatic carbocycles. The van der Waals surface area contributed by atoms with Crippen molar-refractivity contribution in [1.29, 1.82) is 0 Å². The Kier molecular flexibility index (Phi) is 8.24. The van der Waals surface area contributed by atoms with Crippen molar-refractivity contribution in [3.05, 3.63) is 89.1 Å².